The van der Waals surface area contributed by atoms with E-state index in [2.05, 4.69) is 185 Å². The van der Waals surface area contributed by atoms with E-state index in [-0.39, 0.29) is 0 Å². The number of nitrogens with zero attached hydrogens (tertiary/aromatic N) is 3. The van der Waals surface area contributed by atoms with Crippen LogP contribution in [-0.4, -0.2) is 14.1 Å². The second-order valence-corrected chi connectivity index (χ2v) is 13.8. The molecule has 0 bridgehead atoms. The van der Waals surface area contributed by atoms with Crippen LogP contribution in [-0.2, 0) is 12.8 Å². The average Bonchev–Trinajstić information content (AvgIpc) is 3.78. The standard InChI is InChI=1S/C49H37N3/c1-3-14-35(15-4-1)44-32-41(33-45(50-44)36-16-5-2-6-17-36)52-46-23-10-7-18-39(46)31-49(52)37-28-26-34(27-29-37)38-19-13-20-40(30-38)51-47-24-11-8-21-42(47)43-22-9-12-25-48(43)51/h1-9,11,13-22,24,26-33H,10,12,23,25H2. The third-order valence-electron chi connectivity index (χ3n) is 10.7. The SMILES string of the molecule is C1=Cc2cc(-c3ccc(-c4cccc(-n5c6c(c7ccccc75)C=CCC6)c4)cc3)n(-c3cc(-c4ccccc4)nc(-c4ccccc4)c3)c2CC1. The van der Waals surface area contributed by atoms with Gasteiger partial charge in [0, 0.05) is 39.2 Å². The van der Waals surface area contributed by atoms with E-state index < -0.39 is 0 Å². The molecule has 2 aliphatic rings. The molecule has 5 aromatic carbocycles. The van der Waals surface area contributed by atoms with Gasteiger partial charge >= 0.3 is 0 Å². The molecule has 0 amide bonds. The molecule has 0 saturated heterocycles. The highest BCUT2D eigenvalue weighted by molar-refractivity contribution is 5.93. The lowest BCUT2D eigenvalue weighted by Crippen LogP contribution is -2.06. The molecule has 2 aliphatic carbocycles. The van der Waals surface area contributed by atoms with Gasteiger partial charge < -0.3 is 9.13 Å². The van der Waals surface area contributed by atoms with E-state index in [1.165, 1.54) is 61.5 Å². The Labute approximate surface area is 304 Å². The van der Waals surface area contributed by atoms with Gasteiger partial charge in [-0.3, -0.25) is 0 Å². The summed E-state index contributed by atoms with van der Waals surface area (Å²) in [4.78, 5) is 5.18. The van der Waals surface area contributed by atoms with Crippen LogP contribution in [0.4, 0.5) is 0 Å². The molecule has 3 nitrogen and oxygen atoms in total. The first-order valence-electron chi connectivity index (χ1n) is 18.3. The average molecular weight is 668 g/mol. The van der Waals surface area contributed by atoms with Crippen LogP contribution in [0.15, 0.2) is 164 Å². The van der Waals surface area contributed by atoms with E-state index >= 15 is 0 Å². The van der Waals surface area contributed by atoms with Crippen molar-refractivity contribution < 1.29 is 0 Å². The highest BCUT2D eigenvalue weighted by atomic mass is 15.0. The van der Waals surface area contributed by atoms with Gasteiger partial charge in [0.1, 0.15) is 0 Å². The van der Waals surface area contributed by atoms with Crippen molar-refractivity contribution in [3.8, 4) is 56.3 Å². The number of pyridine rings is 1. The summed E-state index contributed by atoms with van der Waals surface area (Å²) in [5.41, 5.74) is 18.0. The number of fused-ring (bicyclic) bond motifs is 4. The molecule has 248 valence electrons. The van der Waals surface area contributed by atoms with E-state index in [0.29, 0.717) is 0 Å². The monoisotopic (exact) mass is 667 g/mol. The van der Waals surface area contributed by atoms with Crippen molar-refractivity contribution in [2.24, 2.45) is 0 Å². The predicted octanol–water partition coefficient (Wildman–Crippen LogP) is 12.4. The number of allylic oxidation sites excluding steroid dienone is 2. The molecule has 0 fully saturated rings. The van der Waals surface area contributed by atoms with E-state index in [9.17, 15) is 0 Å². The van der Waals surface area contributed by atoms with Crippen molar-refractivity contribution in [2.45, 2.75) is 25.7 Å². The largest absolute Gasteiger partial charge is 0.313 e. The van der Waals surface area contributed by atoms with Crippen LogP contribution in [0.3, 0.4) is 0 Å². The zero-order chi connectivity index (χ0) is 34.4. The van der Waals surface area contributed by atoms with Gasteiger partial charge in [0.05, 0.1) is 28.3 Å². The second-order valence-electron chi connectivity index (χ2n) is 13.8. The zero-order valence-corrected chi connectivity index (χ0v) is 28.9. The van der Waals surface area contributed by atoms with Crippen molar-refractivity contribution in [1.29, 1.82) is 0 Å². The number of hydrogen-bond donors (Lipinski definition) is 0. The van der Waals surface area contributed by atoms with Crippen molar-refractivity contribution >= 4 is 23.1 Å². The zero-order valence-electron chi connectivity index (χ0n) is 28.9. The van der Waals surface area contributed by atoms with E-state index in [4.69, 9.17) is 4.98 Å². The van der Waals surface area contributed by atoms with Gasteiger partial charge in [0.25, 0.3) is 0 Å². The fourth-order valence-electron chi connectivity index (χ4n) is 8.19. The molecule has 0 atom stereocenters. The number of benzene rings is 5. The van der Waals surface area contributed by atoms with Gasteiger partial charge in [-0.15, -0.1) is 0 Å². The highest BCUT2D eigenvalue weighted by Gasteiger charge is 2.21. The molecule has 8 aromatic rings. The summed E-state index contributed by atoms with van der Waals surface area (Å²) in [5.74, 6) is 0. The van der Waals surface area contributed by atoms with Gasteiger partial charge in [-0.25, -0.2) is 4.98 Å². The summed E-state index contributed by atoms with van der Waals surface area (Å²) < 4.78 is 4.95. The molecule has 0 unspecified atom stereocenters. The second kappa shape index (κ2) is 12.7. The first-order chi connectivity index (χ1) is 25.8. The summed E-state index contributed by atoms with van der Waals surface area (Å²) in [6, 6.07) is 54.9. The third kappa shape index (κ3) is 5.25. The Morgan fingerprint density at radius 1 is 0.442 bits per heavy atom. The van der Waals surface area contributed by atoms with E-state index in [1.807, 2.05) is 0 Å². The number of para-hydroxylation sites is 1. The maximum atomic E-state index is 5.18. The summed E-state index contributed by atoms with van der Waals surface area (Å²) in [7, 11) is 0. The Morgan fingerprint density at radius 2 is 1.08 bits per heavy atom. The number of aromatic nitrogens is 3. The topological polar surface area (TPSA) is 22.8 Å². The van der Waals surface area contributed by atoms with Crippen molar-refractivity contribution in [2.75, 3.05) is 0 Å². The lowest BCUT2D eigenvalue weighted by molar-refractivity contribution is 0.877. The molecule has 0 radical (unpaired) electrons. The first kappa shape index (κ1) is 30.4. The van der Waals surface area contributed by atoms with Gasteiger partial charge in [0.2, 0.25) is 0 Å². The molecule has 0 aliphatic heterocycles. The molecule has 3 heterocycles. The molecule has 0 N–H and O–H groups in total. The predicted molar refractivity (Wildman–Crippen MR) is 217 cm³/mol. The Hall–Kier alpha value is -6.45. The Balaban J connectivity index is 1.07. The molecule has 3 heteroatoms. The van der Waals surface area contributed by atoms with Gasteiger partial charge in [-0.2, -0.15) is 0 Å². The van der Waals surface area contributed by atoms with E-state index in [1.54, 1.807) is 0 Å². The first-order valence-corrected chi connectivity index (χ1v) is 18.3. The van der Waals surface area contributed by atoms with Crippen molar-refractivity contribution in [1.82, 2.24) is 14.1 Å². The summed E-state index contributed by atoms with van der Waals surface area (Å²) >= 11 is 0. The highest BCUT2D eigenvalue weighted by Crippen LogP contribution is 2.38. The Bertz CT molecular complexity index is 2590. The fourth-order valence-corrected chi connectivity index (χ4v) is 8.19. The normalized spacial score (nSPS) is 13.3. The molecule has 0 spiro atoms. The van der Waals surface area contributed by atoms with Crippen LogP contribution in [0.5, 0.6) is 0 Å². The number of hydrogen-bond acceptors (Lipinski definition) is 1. The molecule has 10 rings (SSSR count). The molecular weight excluding hydrogens is 631 g/mol. The quantitative estimate of drug-likeness (QED) is 0.173. The van der Waals surface area contributed by atoms with E-state index in [0.717, 1.165) is 53.9 Å². The lowest BCUT2D eigenvalue weighted by atomic mass is 10.0. The van der Waals surface area contributed by atoms with Crippen molar-refractivity contribution in [3.63, 3.8) is 0 Å². The molecule has 52 heavy (non-hydrogen) atoms. The van der Waals surface area contributed by atoms with Crippen LogP contribution >= 0.6 is 0 Å². The fraction of sp³-hybridized carbons (Fsp3) is 0.0816. The van der Waals surface area contributed by atoms with Crippen LogP contribution in [0.1, 0.15) is 35.4 Å². The summed E-state index contributed by atoms with van der Waals surface area (Å²) in [5, 5.41) is 1.32. The summed E-state index contributed by atoms with van der Waals surface area (Å²) in [6.45, 7) is 0. The van der Waals surface area contributed by atoms with Crippen molar-refractivity contribution in [3.05, 3.63) is 186 Å². The van der Waals surface area contributed by atoms with Gasteiger partial charge in [0.15, 0.2) is 0 Å². The minimum absolute atomic E-state index is 0.972. The van der Waals surface area contributed by atoms with Crippen LogP contribution in [0.25, 0.3) is 79.3 Å². The molecular formula is C49H37N3. The van der Waals surface area contributed by atoms with Crippen LogP contribution in [0.2, 0.25) is 0 Å². The lowest BCUT2D eigenvalue weighted by Gasteiger charge is -2.18. The maximum Gasteiger partial charge on any atom is 0.0730 e. The van der Waals surface area contributed by atoms with Gasteiger partial charge in [-0.1, -0.05) is 140 Å². The molecule has 3 aromatic heterocycles. The third-order valence-corrected chi connectivity index (χ3v) is 10.7. The van der Waals surface area contributed by atoms with Crippen LogP contribution < -0.4 is 0 Å². The Morgan fingerprint density at radius 3 is 1.83 bits per heavy atom. The van der Waals surface area contributed by atoms with Gasteiger partial charge in [-0.05, 0) is 84.3 Å². The smallest absolute Gasteiger partial charge is 0.0730 e. The Kier molecular flexibility index (Phi) is 7.42. The maximum absolute atomic E-state index is 5.18. The minimum Gasteiger partial charge on any atom is -0.313 e. The number of rotatable bonds is 6. The van der Waals surface area contributed by atoms with Crippen LogP contribution in [0, 0.1) is 0 Å². The summed E-state index contributed by atoms with van der Waals surface area (Å²) in [6.07, 6.45) is 13.3. The molecule has 0 saturated carbocycles. The minimum atomic E-state index is 0.972.